The molecule has 1 aromatic heterocycles. The lowest BCUT2D eigenvalue weighted by molar-refractivity contribution is -0.118. The zero-order chi connectivity index (χ0) is 17.1. The van der Waals surface area contributed by atoms with Crippen LogP contribution in [0.5, 0.6) is 0 Å². The fraction of sp³-hybridized carbons (Fsp3) is 0.389. The maximum absolute atomic E-state index is 12.1. The van der Waals surface area contributed by atoms with Crippen molar-refractivity contribution in [3.8, 4) is 0 Å². The minimum atomic E-state index is -0.0713. The summed E-state index contributed by atoms with van der Waals surface area (Å²) in [5.74, 6) is 0.795. The number of aromatic amines is 1. The first-order valence-electron chi connectivity index (χ1n) is 8.25. The molecule has 6 nitrogen and oxygen atoms in total. The molecule has 0 saturated heterocycles. The summed E-state index contributed by atoms with van der Waals surface area (Å²) in [5, 5.41) is 13.0. The Labute approximate surface area is 141 Å². The molecule has 3 rings (SSSR count). The van der Waals surface area contributed by atoms with E-state index in [4.69, 9.17) is 0 Å². The monoisotopic (exact) mass is 326 g/mol. The molecule has 0 bridgehead atoms. The molecule has 2 aromatic rings. The van der Waals surface area contributed by atoms with Crippen molar-refractivity contribution >= 4 is 17.6 Å². The molecular weight excluding hydrogens is 304 g/mol. The number of carbonyl (C=O) groups is 2. The SMILES string of the molecule is CC(C)C(=O)Nc1cc([C@H]2C[C@@H](NC(=O)c3ccccc3)C2)n[nH]1. The van der Waals surface area contributed by atoms with Crippen molar-refractivity contribution < 1.29 is 9.59 Å². The average Bonchev–Trinajstić information content (AvgIpc) is 2.98. The summed E-state index contributed by atoms with van der Waals surface area (Å²) in [6.45, 7) is 3.69. The van der Waals surface area contributed by atoms with E-state index >= 15 is 0 Å². The van der Waals surface area contributed by atoms with Gasteiger partial charge in [-0.05, 0) is 25.0 Å². The second-order valence-electron chi connectivity index (χ2n) is 6.56. The van der Waals surface area contributed by atoms with Crippen LogP contribution in [0.4, 0.5) is 5.82 Å². The molecule has 1 aromatic carbocycles. The van der Waals surface area contributed by atoms with Gasteiger partial charge in [0.15, 0.2) is 0 Å². The number of nitrogens with zero attached hydrogens (tertiary/aromatic N) is 1. The number of benzene rings is 1. The van der Waals surface area contributed by atoms with Crippen LogP contribution in [-0.2, 0) is 4.79 Å². The molecular formula is C18H22N4O2. The largest absolute Gasteiger partial charge is 0.349 e. The van der Waals surface area contributed by atoms with Gasteiger partial charge in [-0.25, -0.2) is 0 Å². The molecule has 0 aliphatic heterocycles. The van der Waals surface area contributed by atoms with Crippen LogP contribution in [0.15, 0.2) is 36.4 Å². The van der Waals surface area contributed by atoms with E-state index in [1.54, 1.807) is 0 Å². The number of H-pyrrole nitrogens is 1. The van der Waals surface area contributed by atoms with Crippen molar-refractivity contribution in [2.45, 2.75) is 38.6 Å². The summed E-state index contributed by atoms with van der Waals surface area (Å²) in [4.78, 5) is 23.8. The summed E-state index contributed by atoms with van der Waals surface area (Å²) in [5.41, 5.74) is 1.61. The molecule has 0 radical (unpaired) electrons. The Hall–Kier alpha value is -2.63. The van der Waals surface area contributed by atoms with Gasteiger partial charge in [0.05, 0.1) is 5.69 Å². The predicted molar refractivity (Wildman–Crippen MR) is 91.7 cm³/mol. The first-order chi connectivity index (χ1) is 11.5. The van der Waals surface area contributed by atoms with Crippen molar-refractivity contribution in [2.24, 2.45) is 5.92 Å². The van der Waals surface area contributed by atoms with Crippen molar-refractivity contribution in [3.05, 3.63) is 47.7 Å². The van der Waals surface area contributed by atoms with Gasteiger partial charge >= 0.3 is 0 Å². The molecule has 2 amide bonds. The Morgan fingerprint density at radius 3 is 2.58 bits per heavy atom. The highest BCUT2D eigenvalue weighted by atomic mass is 16.2. The predicted octanol–water partition coefficient (Wildman–Crippen LogP) is 2.68. The van der Waals surface area contributed by atoms with E-state index in [0.717, 1.165) is 18.5 Å². The molecule has 1 heterocycles. The van der Waals surface area contributed by atoms with Crippen LogP contribution in [0, 0.1) is 5.92 Å². The van der Waals surface area contributed by atoms with Crippen LogP contribution in [0.3, 0.4) is 0 Å². The van der Waals surface area contributed by atoms with Crippen molar-refractivity contribution in [3.63, 3.8) is 0 Å². The van der Waals surface area contributed by atoms with E-state index in [1.165, 1.54) is 0 Å². The summed E-state index contributed by atoms with van der Waals surface area (Å²) in [6, 6.07) is 11.3. The number of carbonyl (C=O) groups excluding carboxylic acids is 2. The van der Waals surface area contributed by atoms with Gasteiger partial charge in [-0.1, -0.05) is 32.0 Å². The van der Waals surface area contributed by atoms with E-state index in [-0.39, 0.29) is 23.8 Å². The lowest BCUT2D eigenvalue weighted by Gasteiger charge is -2.34. The fourth-order valence-electron chi connectivity index (χ4n) is 2.72. The lowest BCUT2D eigenvalue weighted by Crippen LogP contribution is -2.43. The number of aromatic nitrogens is 2. The van der Waals surface area contributed by atoms with Crippen molar-refractivity contribution in [1.29, 1.82) is 0 Å². The fourth-order valence-corrected chi connectivity index (χ4v) is 2.72. The van der Waals surface area contributed by atoms with E-state index < -0.39 is 0 Å². The van der Waals surface area contributed by atoms with Crippen LogP contribution < -0.4 is 10.6 Å². The van der Waals surface area contributed by atoms with E-state index in [0.29, 0.717) is 17.3 Å². The van der Waals surface area contributed by atoms with Crippen molar-refractivity contribution in [2.75, 3.05) is 5.32 Å². The standard InChI is InChI=1S/C18H22N4O2/c1-11(2)17(23)20-16-10-15(21-22-16)13-8-14(9-13)19-18(24)12-6-4-3-5-7-12/h3-7,10-11,13-14H,8-9H2,1-2H3,(H,19,24)(H2,20,21,22,23)/t13-,14+. The Balaban J connectivity index is 1.49. The smallest absolute Gasteiger partial charge is 0.251 e. The Bertz CT molecular complexity index is 718. The second kappa shape index (κ2) is 6.86. The lowest BCUT2D eigenvalue weighted by atomic mass is 9.78. The minimum absolute atomic E-state index is 0.0354. The quantitative estimate of drug-likeness (QED) is 0.789. The molecule has 3 N–H and O–H groups in total. The molecule has 126 valence electrons. The molecule has 0 unspecified atom stereocenters. The third kappa shape index (κ3) is 3.64. The number of hydrogen-bond acceptors (Lipinski definition) is 3. The number of amides is 2. The average molecular weight is 326 g/mol. The van der Waals surface area contributed by atoms with Crippen molar-refractivity contribution in [1.82, 2.24) is 15.5 Å². The van der Waals surface area contributed by atoms with Crippen LogP contribution >= 0.6 is 0 Å². The maximum atomic E-state index is 12.1. The van der Waals surface area contributed by atoms with Gasteiger partial charge in [-0.2, -0.15) is 5.10 Å². The molecule has 0 spiro atoms. The van der Waals surface area contributed by atoms with Crippen LogP contribution in [0.1, 0.15) is 48.7 Å². The number of anilines is 1. The summed E-state index contributed by atoms with van der Waals surface area (Å²) < 4.78 is 0. The topological polar surface area (TPSA) is 86.9 Å². The van der Waals surface area contributed by atoms with Gasteiger partial charge in [0, 0.05) is 29.5 Å². The van der Waals surface area contributed by atoms with E-state index in [9.17, 15) is 9.59 Å². The van der Waals surface area contributed by atoms with Gasteiger partial charge in [-0.15, -0.1) is 0 Å². The third-order valence-corrected chi connectivity index (χ3v) is 4.31. The van der Waals surface area contributed by atoms with Gasteiger partial charge in [0.2, 0.25) is 5.91 Å². The molecule has 6 heteroatoms. The molecule has 1 saturated carbocycles. The first-order valence-corrected chi connectivity index (χ1v) is 8.25. The molecule has 1 fully saturated rings. The Kier molecular flexibility index (Phi) is 4.64. The zero-order valence-corrected chi connectivity index (χ0v) is 13.9. The maximum Gasteiger partial charge on any atom is 0.251 e. The van der Waals surface area contributed by atoms with Crippen LogP contribution in [-0.4, -0.2) is 28.1 Å². The minimum Gasteiger partial charge on any atom is -0.349 e. The third-order valence-electron chi connectivity index (χ3n) is 4.31. The van der Waals surface area contributed by atoms with E-state index in [1.807, 2.05) is 50.2 Å². The summed E-state index contributed by atoms with van der Waals surface area (Å²) in [7, 11) is 0. The molecule has 24 heavy (non-hydrogen) atoms. The van der Waals surface area contributed by atoms with Gasteiger partial charge < -0.3 is 10.6 Å². The number of nitrogens with one attached hydrogen (secondary N) is 3. The van der Waals surface area contributed by atoms with Gasteiger partial charge in [-0.3, -0.25) is 14.7 Å². The summed E-state index contributed by atoms with van der Waals surface area (Å²) >= 11 is 0. The van der Waals surface area contributed by atoms with Crippen LogP contribution in [0.2, 0.25) is 0 Å². The zero-order valence-electron chi connectivity index (χ0n) is 13.9. The molecule has 0 atom stereocenters. The second-order valence-corrected chi connectivity index (χ2v) is 6.56. The Morgan fingerprint density at radius 1 is 1.21 bits per heavy atom. The van der Waals surface area contributed by atoms with Gasteiger partial charge in [0.25, 0.3) is 5.91 Å². The summed E-state index contributed by atoms with van der Waals surface area (Å²) in [6.07, 6.45) is 1.72. The Morgan fingerprint density at radius 2 is 1.92 bits per heavy atom. The highest BCUT2D eigenvalue weighted by Gasteiger charge is 2.33. The van der Waals surface area contributed by atoms with Crippen LogP contribution in [0.25, 0.3) is 0 Å². The molecule has 1 aliphatic rings. The highest BCUT2D eigenvalue weighted by molar-refractivity contribution is 5.94. The number of hydrogen-bond donors (Lipinski definition) is 3. The highest BCUT2D eigenvalue weighted by Crippen LogP contribution is 2.36. The first kappa shape index (κ1) is 16.2. The van der Waals surface area contributed by atoms with E-state index in [2.05, 4.69) is 20.8 Å². The van der Waals surface area contributed by atoms with Gasteiger partial charge in [0.1, 0.15) is 5.82 Å². The molecule has 1 aliphatic carbocycles. The number of rotatable bonds is 5. The normalized spacial score (nSPS) is 19.6.